The molecule has 1 aromatic heterocycles. The molecule has 0 fully saturated rings. The van der Waals surface area contributed by atoms with Gasteiger partial charge in [-0.15, -0.1) is 0 Å². The van der Waals surface area contributed by atoms with E-state index in [1.807, 2.05) is 32.9 Å². The zero-order valence-electron chi connectivity index (χ0n) is 25.5. The molecule has 1 heterocycles. The van der Waals surface area contributed by atoms with Gasteiger partial charge in [-0.3, -0.25) is 0 Å². The van der Waals surface area contributed by atoms with E-state index in [0.717, 1.165) is 16.7 Å². The maximum Gasteiger partial charge on any atom is 0.167 e. The van der Waals surface area contributed by atoms with E-state index in [4.69, 9.17) is 15.0 Å². The molecule has 4 nitrogen and oxygen atoms in total. The third-order valence-corrected chi connectivity index (χ3v) is 8.48. The molecule has 1 N–H and O–H groups in total. The topological polar surface area (TPSA) is 58.9 Å². The zero-order chi connectivity index (χ0) is 28.6. The molecule has 0 atom stereocenters. The van der Waals surface area contributed by atoms with E-state index < -0.39 is 0 Å². The summed E-state index contributed by atoms with van der Waals surface area (Å²) in [7, 11) is 0. The Morgan fingerprint density at radius 3 is 1.11 bits per heavy atom. The van der Waals surface area contributed by atoms with Crippen molar-refractivity contribution in [2.45, 2.75) is 90.0 Å². The normalized spacial score (nSPS) is 10.9. The molecule has 0 amide bonds. The number of aromatic hydroxyl groups is 1. The minimum absolute atomic E-state index is 0.174. The number of nitrogens with zero attached hydrogens (tertiary/aromatic N) is 3. The third kappa shape index (κ3) is 4.84. The molecule has 38 heavy (non-hydrogen) atoms. The second-order valence-electron chi connectivity index (χ2n) is 10.3. The van der Waals surface area contributed by atoms with Gasteiger partial charge in [-0.25, -0.2) is 15.0 Å². The van der Waals surface area contributed by atoms with Crippen LogP contribution in [0.25, 0.3) is 34.2 Å². The molecule has 0 saturated carbocycles. The van der Waals surface area contributed by atoms with E-state index in [9.17, 15) is 5.11 Å². The van der Waals surface area contributed by atoms with Crippen molar-refractivity contribution >= 4 is 0 Å². The summed E-state index contributed by atoms with van der Waals surface area (Å²) in [6.07, 6.45) is 0. The quantitative estimate of drug-likeness (QED) is 0.299. The molecule has 0 spiro atoms. The molecular weight excluding hydrogens is 466 g/mol. The fraction of sp³-hybridized carbons (Fsp3) is 0.382. The Labute approximate surface area is 229 Å². The van der Waals surface area contributed by atoms with E-state index in [1.54, 1.807) is 6.07 Å². The summed E-state index contributed by atoms with van der Waals surface area (Å²) < 4.78 is 0. The maximum atomic E-state index is 10.8. The lowest BCUT2D eigenvalue weighted by Gasteiger charge is -2.21. The lowest BCUT2D eigenvalue weighted by atomic mass is 9.88. The SMILES string of the molecule is CC.Cc1ccc(-c2nc(-c3c(C)c(C)c(C)c(C)c3C)nc(-c3c(C)c(C)c(C)c(C)c3C)n2)c(O)c1. The summed E-state index contributed by atoms with van der Waals surface area (Å²) in [5.41, 5.74) is 16.0. The Hall–Kier alpha value is -3.53. The lowest BCUT2D eigenvalue weighted by molar-refractivity contribution is 0.476. The highest BCUT2D eigenvalue weighted by Gasteiger charge is 2.22. The van der Waals surface area contributed by atoms with Crippen LogP contribution in [0.1, 0.15) is 75.0 Å². The van der Waals surface area contributed by atoms with Gasteiger partial charge in [0.25, 0.3) is 0 Å². The molecule has 0 aliphatic carbocycles. The average molecular weight is 510 g/mol. The Morgan fingerprint density at radius 2 is 0.763 bits per heavy atom. The van der Waals surface area contributed by atoms with E-state index in [0.29, 0.717) is 23.0 Å². The second-order valence-corrected chi connectivity index (χ2v) is 10.3. The second kappa shape index (κ2) is 11.1. The predicted molar refractivity (Wildman–Crippen MR) is 161 cm³/mol. The maximum absolute atomic E-state index is 10.8. The van der Waals surface area contributed by atoms with Gasteiger partial charge in [-0.05, 0) is 149 Å². The number of aryl methyl sites for hydroxylation is 1. The van der Waals surface area contributed by atoms with Crippen LogP contribution in [0.2, 0.25) is 0 Å². The van der Waals surface area contributed by atoms with Crippen LogP contribution in [-0.2, 0) is 0 Å². The summed E-state index contributed by atoms with van der Waals surface area (Å²) in [4.78, 5) is 15.0. The Balaban J connectivity index is 0.00000195. The third-order valence-electron chi connectivity index (χ3n) is 8.48. The molecule has 0 bridgehead atoms. The van der Waals surface area contributed by atoms with Gasteiger partial charge < -0.3 is 5.11 Å². The first-order valence-electron chi connectivity index (χ1n) is 13.6. The predicted octanol–water partition coefficient (Wildman–Crippen LogP) is 9.00. The van der Waals surface area contributed by atoms with Crippen LogP contribution in [0.5, 0.6) is 5.75 Å². The highest BCUT2D eigenvalue weighted by atomic mass is 16.3. The molecule has 3 aromatic carbocycles. The van der Waals surface area contributed by atoms with Gasteiger partial charge in [0.1, 0.15) is 5.75 Å². The molecule has 0 unspecified atom stereocenters. The fourth-order valence-corrected chi connectivity index (χ4v) is 5.22. The molecule has 4 aromatic rings. The van der Waals surface area contributed by atoms with Crippen molar-refractivity contribution in [1.29, 1.82) is 0 Å². The van der Waals surface area contributed by atoms with Crippen molar-refractivity contribution in [1.82, 2.24) is 15.0 Å². The van der Waals surface area contributed by atoms with Crippen LogP contribution < -0.4 is 0 Å². The highest BCUT2D eigenvalue weighted by molar-refractivity contribution is 5.77. The van der Waals surface area contributed by atoms with Crippen LogP contribution in [0.3, 0.4) is 0 Å². The van der Waals surface area contributed by atoms with Gasteiger partial charge in [0, 0.05) is 11.1 Å². The largest absolute Gasteiger partial charge is 0.507 e. The molecule has 0 radical (unpaired) electrons. The first kappa shape index (κ1) is 29.0. The van der Waals surface area contributed by atoms with Crippen LogP contribution in [0.4, 0.5) is 0 Å². The molecule has 0 aliphatic heterocycles. The lowest BCUT2D eigenvalue weighted by Crippen LogP contribution is -2.08. The van der Waals surface area contributed by atoms with Gasteiger partial charge in [-0.1, -0.05) is 19.9 Å². The zero-order valence-corrected chi connectivity index (χ0v) is 25.5. The fourth-order valence-electron chi connectivity index (χ4n) is 5.22. The summed E-state index contributed by atoms with van der Waals surface area (Å²) in [6, 6.07) is 5.63. The molecule has 4 heteroatoms. The molecule has 0 aliphatic rings. The number of benzene rings is 3. The van der Waals surface area contributed by atoms with Crippen molar-refractivity contribution in [2.75, 3.05) is 0 Å². The van der Waals surface area contributed by atoms with Crippen molar-refractivity contribution < 1.29 is 5.11 Å². The Bertz CT molecular complexity index is 1400. The average Bonchev–Trinajstić information content (AvgIpc) is 2.90. The van der Waals surface area contributed by atoms with Crippen molar-refractivity contribution in [3.8, 4) is 39.9 Å². The minimum Gasteiger partial charge on any atom is -0.507 e. The van der Waals surface area contributed by atoms with Crippen molar-refractivity contribution in [3.63, 3.8) is 0 Å². The molecule has 200 valence electrons. The minimum atomic E-state index is 0.174. The number of hydrogen-bond acceptors (Lipinski definition) is 4. The van der Waals surface area contributed by atoms with E-state index >= 15 is 0 Å². The van der Waals surface area contributed by atoms with Crippen molar-refractivity contribution in [2.24, 2.45) is 0 Å². The molecule has 4 rings (SSSR count). The number of hydrogen-bond donors (Lipinski definition) is 1. The smallest absolute Gasteiger partial charge is 0.167 e. The first-order valence-corrected chi connectivity index (χ1v) is 13.6. The Morgan fingerprint density at radius 1 is 0.447 bits per heavy atom. The summed E-state index contributed by atoms with van der Waals surface area (Å²) in [5.74, 6) is 1.95. The van der Waals surface area contributed by atoms with Crippen LogP contribution in [-0.4, -0.2) is 20.1 Å². The highest BCUT2D eigenvalue weighted by Crippen LogP contribution is 2.38. The van der Waals surface area contributed by atoms with Crippen LogP contribution in [0, 0.1) is 76.2 Å². The van der Waals surface area contributed by atoms with Gasteiger partial charge in [0.15, 0.2) is 17.5 Å². The Kier molecular flexibility index (Phi) is 8.45. The van der Waals surface area contributed by atoms with Gasteiger partial charge in [0.2, 0.25) is 0 Å². The van der Waals surface area contributed by atoms with Crippen LogP contribution in [0.15, 0.2) is 18.2 Å². The number of phenolic OH excluding ortho intramolecular Hbond substituents is 1. The monoisotopic (exact) mass is 509 g/mol. The summed E-state index contributed by atoms with van der Waals surface area (Å²) in [5, 5.41) is 10.8. The number of aromatic nitrogens is 3. The number of phenols is 1. The van der Waals surface area contributed by atoms with E-state index in [-0.39, 0.29) is 5.75 Å². The van der Waals surface area contributed by atoms with E-state index in [2.05, 4.69) is 69.2 Å². The molecule has 0 saturated heterocycles. The summed E-state index contributed by atoms with van der Waals surface area (Å²) >= 11 is 0. The number of rotatable bonds is 3. The van der Waals surface area contributed by atoms with Crippen LogP contribution >= 0.6 is 0 Å². The standard InChI is InChI=1S/C32H37N3O.C2H6/c1-15-12-13-26(27(36)14-15)30-33-31(28-22(8)18(4)16(2)19(5)23(28)9)35-32(34-30)29-24(10)20(6)17(3)21(7)25(29)11;1-2/h12-14,36H,1-11H3;1-2H3. The first-order chi connectivity index (χ1) is 17.8. The van der Waals surface area contributed by atoms with Gasteiger partial charge >= 0.3 is 0 Å². The van der Waals surface area contributed by atoms with E-state index in [1.165, 1.54) is 55.6 Å². The van der Waals surface area contributed by atoms with Gasteiger partial charge in [-0.2, -0.15) is 0 Å². The van der Waals surface area contributed by atoms with Crippen molar-refractivity contribution in [3.05, 3.63) is 79.4 Å². The molecular formula is C34H43N3O. The summed E-state index contributed by atoms with van der Waals surface area (Å²) in [6.45, 7) is 27.5. The van der Waals surface area contributed by atoms with Gasteiger partial charge in [0.05, 0.1) is 5.56 Å².